The SMILES string of the molecule is CN(Cc1cc2c(cc1OC(F)F)OCO2)C(=O)C12CC1C2. The van der Waals surface area contributed by atoms with E-state index in [1.165, 1.54) is 6.07 Å². The van der Waals surface area contributed by atoms with Crippen LogP contribution < -0.4 is 14.2 Å². The second-order valence-electron chi connectivity index (χ2n) is 6.11. The van der Waals surface area contributed by atoms with Gasteiger partial charge in [0.2, 0.25) is 12.7 Å². The first kappa shape index (κ1) is 13.6. The molecular weight excluding hydrogens is 296 g/mol. The Morgan fingerprint density at radius 2 is 2.05 bits per heavy atom. The van der Waals surface area contributed by atoms with Crippen LogP contribution in [0, 0.1) is 11.3 Å². The largest absolute Gasteiger partial charge is 0.454 e. The molecule has 0 aromatic heterocycles. The smallest absolute Gasteiger partial charge is 0.387 e. The first-order valence-corrected chi connectivity index (χ1v) is 7.12. The fraction of sp³-hybridized carbons (Fsp3) is 0.533. The summed E-state index contributed by atoms with van der Waals surface area (Å²) in [5, 5.41) is 0. The van der Waals surface area contributed by atoms with Crippen molar-refractivity contribution >= 4 is 5.91 Å². The van der Waals surface area contributed by atoms with E-state index in [0.29, 0.717) is 23.0 Å². The lowest BCUT2D eigenvalue weighted by atomic mass is 10.1. The Kier molecular flexibility index (Phi) is 2.76. The molecule has 1 amide bonds. The van der Waals surface area contributed by atoms with Crippen molar-refractivity contribution in [3.63, 3.8) is 0 Å². The van der Waals surface area contributed by atoms with Crippen LogP contribution in [0.1, 0.15) is 18.4 Å². The highest BCUT2D eigenvalue weighted by atomic mass is 19.3. The van der Waals surface area contributed by atoms with Crippen molar-refractivity contribution in [3.05, 3.63) is 17.7 Å². The summed E-state index contributed by atoms with van der Waals surface area (Å²) in [5.74, 6) is 1.48. The lowest BCUT2D eigenvalue weighted by molar-refractivity contribution is -0.134. The molecule has 0 spiro atoms. The summed E-state index contributed by atoms with van der Waals surface area (Å²) < 4.78 is 40.1. The summed E-state index contributed by atoms with van der Waals surface area (Å²) in [6, 6.07) is 2.98. The number of halogens is 2. The Bertz CT molecular complexity index is 643. The lowest BCUT2D eigenvalue weighted by Crippen LogP contribution is -2.30. The number of rotatable bonds is 5. The van der Waals surface area contributed by atoms with Crippen LogP contribution in [0.3, 0.4) is 0 Å². The maximum atomic E-state index is 12.6. The van der Waals surface area contributed by atoms with Crippen LogP contribution in [0.25, 0.3) is 0 Å². The van der Waals surface area contributed by atoms with Gasteiger partial charge in [0.1, 0.15) is 5.75 Å². The quantitative estimate of drug-likeness (QED) is 0.838. The monoisotopic (exact) mass is 311 g/mol. The molecule has 5 nitrogen and oxygen atoms in total. The highest BCUT2D eigenvalue weighted by Crippen LogP contribution is 2.75. The van der Waals surface area contributed by atoms with E-state index in [2.05, 4.69) is 4.74 Å². The van der Waals surface area contributed by atoms with Gasteiger partial charge in [0, 0.05) is 25.2 Å². The van der Waals surface area contributed by atoms with Crippen LogP contribution in [-0.2, 0) is 11.3 Å². The van der Waals surface area contributed by atoms with Crippen molar-refractivity contribution in [1.82, 2.24) is 4.90 Å². The highest BCUT2D eigenvalue weighted by molar-refractivity contribution is 5.89. The van der Waals surface area contributed by atoms with Gasteiger partial charge in [-0.25, -0.2) is 0 Å². The first-order chi connectivity index (χ1) is 10.5. The van der Waals surface area contributed by atoms with E-state index in [1.807, 2.05) is 0 Å². The molecule has 22 heavy (non-hydrogen) atoms. The molecular formula is C15H15F2NO4. The Labute approximate surface area is 125 Å². The Morgan fingerprint density at radius 3 is 2.64 bits per heavy atom. The lowest BCUT2D eigenvalue weighted by Gasteiger charge is -2.21. The highest BCUT2D eigenvalue weighted by Gasteiger charge is 2.75. The van der Waals surface area contributed by atoms with Gasteiger partial charge in [-0.3, -0.25) is 4.79 Å². The summed E-state index contributed by atoms with van der Waals surface area (Å²) >= 11 is 0. The number of amides is 1. The maximum absolute atomic E-state index is 12.6. The first-order valence-electron chi connectivity index (χ1n) is 7.12. The minimum Gasteiger partial charge on any atom is -0.454 e. The van der Waals surface area contributed by atoms with Gasteiger partial charge in [-0.15, -0.1) is 0 Å². The molecule has 1 aromatic rings. The molecule has 0 atom stereocenters. The van der Waals surface area contributed by atoms with Crippen LogP contribution in [0.5, 0.6) is 17.2 Å². The Hall–Kier alpha value is -2.05. The van der Waals surface area contributed by atoms with Gasteiger partial charge in [0.25, 0.3) is 0 Å². The molecule has 0 radical (unpaired) electrons. The van der Waals surface area contributed by atoms with Gasteiger partial charge >= 0.3 is 6.61 Å². The second kappa shape index (κ2) is 4.47. The predicted molar refractivity (Wildman–Crippen MR) is 70.8 cm³/mol. The van der Waals surface area contributed by atoms with Gasteiger partial charge in [0.05, 0.1) is 5.41 Å². The van der Waals surface area contributed by atoms with Crippen LogP contribution >= 0.6 is 0 Å². The van der Waals surface area contributed by atoms with E-state index < -0.39 is 6.61 Å². The van der Waals surface area contributed by atoms with E-state index in [9.17, 15) is 13.6 Å². The van der Waals surface area contributed by atoms with Gasteiger partial charge in [-0.1, -0.05) is 0 Å². The van der Waals surface area contributed by atoms with Crippen LogP contribution in [-0.4, -0.2) is 31.3 Å². The molecule has 4 rings (SSSR count). The number of alkyl halides is 2. The van der Waals surface area contributed by atoms with Crippen LogP contribution in [0.15, 0.2) is 12.1 Å². The Balaban J connectivity index is 1.57. The average Bonchev–Trinajstić information content (AvgIpc) is 3.26. The molecule has 3 aliphatic rings. The fourth-order valence-electron chi connectivity index (χ4n) is 3.05. The number of hydrogen-bond acceptors (Lipinski definition) is 4. The summed E-state index contributed by atoms with van der Waals surface area (Å²) in [5.41, 5.74) is 0.337. The molecule has 2 aliphatic carbocycles. The number of carbonyl (C=O) groups excluding carboxylic acids is 1. The molecule has 7 heteroatoms. The molecule has 0 saturated heterocycles. The fourth-order valence-corrected chi connectivity index (χ4v) is 3.05. The zero-order valence-corrected chi connectivity index (χ0v) is 12.0. The molecule has 1 aromatic carbocycles. The summed E-state index contributed by atoms with van der Waals surface area (Å²) in [7, 11) is 1.68. The van der Waals surface area contributed by atoms with Gasteiger partial charge < -0.3 is 19.1 Å². The minimum absolute atomic E-state index is 0.0135. The van der Waals surface area contributed by atoms with E-state index in [4.69, 9.17) is 9.47 Å². The van der Waals surface area contributed by atoms with Gasteiger partial charge in [0.15, 0.2) is 11.5 Å². The average molecular weight is 311 g/mol. The third kappa shape index (κ3) is 2.07. The number of nitrogens with zero attached hydrogens (tertiary/aromatic N) is 1. The van der Waals surface area contributed by atoms with Crippen molar-refractivity contribution in [2.45, 2.75) is 26.0 Å². The maximum Gasteiger partial charge on any atom is 0.387 e. The standard InChI is InChI=1S/C15H15F2NO4/c1-18(13(19)15-4-9(15)5-15)6-8-2-11-12(21-7-20-11)3-10(8)22-14(16)17/h2-3,9,14H,4-7H2,1H3. The van der Waals surface area contributed by atoms with Crippen LogP contribution in [0.2, 0.25) is 0 Å². The van der Waals surface area contributed by atoms with Gasteiger partial charge in [-0.05, 0) is 24.8 Å². The van der Waals surface area contributed by atoms with Crippen molar-refractivity contribution < 1.29 is 27.8 Å². The summed E-state index contributed by atoms with van der Waals surface area (Å²) in [6.07, 6.45) is 1.91. The number of benzene rings is 1. The molecule has 0 bridgehead atoms. The van der Waals surface area contributed by atoms with Crippen molar-refractivity contribution in [2.24, 2.45) is 11.3 Å². The molecule has 118 valence electrons. The number of carbonyl (C=O) groups is 1. The van der Waals surface area contributed by atoms with E-state index in [0.717, 1.165) is 12.8 Å². The molecule has 1 aliphatic heterocycles. The second-order valence-corrected chi connectivity index (χ2v) is 6.11. The summed E-state index contributed by atoms with van der Waals surface area (Å²) in [4.78, 5) is 13.9. The number of hydrogen-bond donors (Lipinski definition) is 0. The number of ether oxygens (including phenoxy) is 3. The molecule has 0 N–H and O–H groups in total. The normalized spacial score (nSPS) is 26.6. The van der Waals surface area contributed by atoms with Crippen molar-refractivity contribution in [2.75, 3.05) is 13.8 Å². The third-order valence-corrected chi connectivity index (χ3v) is 4.63. The molecule has 0 unspecified atom stereocenters. The van der Waals surface area contributed by atoms with Gasteiger partial charge in [-0.2, -0.15) is 8.78 Å². The number of fused-ring (bicyclic) bond motifs is 2. The van der Waals surface area contributed by atoms with E-state index >= 15 is 0 Å². The predicted octanol–water partition coefficient (Wildman–Crippen LogP) is 2.39. The molecule has 1 heterocycles. The van der Waals surface area contributed by atoms with Crippen LogP contribution in [0.4, 0.5) is 8.78 Å². The van der Waals surface area contributed by atoms with E-state index in [-0.39, 0.29) is 30.4 Å². The zero-order chi connectivity index (χ0) is 15.5. The minimum atomic E-state index is -2.94. The zero-order valence-electron chi connectivity index (χ0n) is 12.0. The summed E-state index contributed by atoms with van der Waals surface area (Å²) in [6.45, 7) is -2.69. The van der Waals surface area contributed by atoms with E-state index in [1.54, 1.807) is 18.0 Å². The third-order valence-electron chi connectivity index (χ3n) is 4.63. The molecule has 2 saturated carbocycles. The van der Waals surface area contributed by atoms with Crippen molar-refractivity contribution in [1.29, 1.82) is 0 Å². The van der Waals surface area contributed by atoms with Crippen molar-refractivity contribution in [3.8, 4) is 17.2 Å². The Morgan fingerprint density at radius 1 is 1.41 bits per heavy atom. The molecule has 2 fully saturated rings. The topological polar surface area (TPSA) is 48.0 Å².